The number of ether oxygens (including phenoxy) is 2. The van der Waals surface area contributed by atoms with E-state index in [2.05, 4.69) is 6.58 Å². The summed E-state index contributed by atoms with van der Waals surface area (Å²) in [4.78, 5) is 23.9. The molecule has 0 bridgehead atoms. The highest BCUT2D eigenvalue weighted by Crippen LogP contribution is 2.44. The first-order valence-corrected chi connectivity index (χ1v) is 8.58. The van der Waals surface area contributed by atoms with Crippen molar-refractivity contribution in [3.63, 3.8) is 0 Å². The summed E-state index contributed by atoms with van der Waals surface area (Å²) in [5, 5.41) is 0.558. The molecule has 0 aromatic rings. The van der Waals surface area contributed by atoms with Gasteiger partial charge in [-0.05, 0) is 39.2 Å². The number of carbonyl (C=O) groups excluding carboxylic acids is 2. The van der Waals surface area contributed by atoms with Gasteiger partial charge in [-0.15, -0.1) is 0 Å². The second kappa shape index (κ2) is 8.62. The molecule has 6 heteroatoms. The molecular weight excluding hydrogens is 314 g/mol. The fourth-order valence-corrected chi connectivity index (χ4v) is 3.55. The van der Waals surface area contributed by atoms with Crippen LogP contribution in [0.4, 0.5) is 0 Å². The summed E-state index contributed by atoms with van der Waals surface area (Å²) in [7, 11) is 1.37. The second-order valence-corrected chi connectivity index (χ2v) is 8.61. The third-order valence-corrected chi connectivity index (χ3v) is 5.48. The van der Waals surface area contributed by atoms with E-state index in [4.69, 9.17) is 15.2 Å². The molecule has 2 unspecified atom stereocenters. The highest BCUT2D eigenvalue weighted by molar-refractivity contribution is 8.04. The number of hydrogen-bond acceptors (Lipinski definition) is 5. The van der Waals surface area contributed by atoms with Crippen LogP contribution in [0.3, 0.4) is 0 Å². The van der Waals surface area contributed by atoms with Crippen LogP contribution in [0, 0.1) is 17.3 Å². The fourth-order valence-electron chi connectivity index (χ4n) is 2.44. The lowest BCUT2D eigenvalue weighted by atomic mass is 9.71. The van der Waals surface area contributed by atoms with Crippen molar-refractivity contribution in [3.05, 3.63) is 11.7 Å². The van der Waals surface area contributed by atoms with Gasteiger partial charge in [0.05, 0.1) is 25.6 Å². The number of thioether (sulfide) groups is 1. The molecule has 134 valence electrons. The van der Waals surface area contributed by atoms with E-state index in [0.29, 0.717) is 18.1 Å². The average Bonchev–Trinajstić information content (AvgIpc) is 2.42. The summed E-state index contributed by atoms with van der Waals surface area (Å²) in [6, 6.07) is 0. The molecule has 0 fully saturated rings. The van der Waals surface area contributed by atoms with Crippen LogP contribution in [0.25, 0.3) is 0 Å². The Labute approximate surface area is 144 Å². The number of methoxy groups -OCH3 is 1. The molecule has 0 saturated heterocycles. The van der Waals surface area contributed by atoms with Gasteiger partial charge in [0.25, 0.3) is 0 Å². The molecule has 0 heterocycles. The zero-order chi connectivity index (χ0) is 18.4. The minimum atomic E-state index is -0.495. The monoisotopic (exact) mass is 345 g/mol. The molecule has 0 aliphatic carbocycles. The van der Waals surface area contributed by atoms with Crippen LogP contribution in [0.2, 0.25) is 0 Å². The lowest BCUT2D eigenvalue weighted by Gasteiger charge is -2.39. The summed E-state index contributed by atoms with van der Waals surface area (Å²) >= 11 is 1.40. The largest absolute Gasteiger partial charge is 0.488 e. The lowest BCUT2D eigenvalue weighted by Crippen LogP contribution is -2.43. The Morgan fingerprint density at radius 3 is 2.17 bits per heavy atom. The number of esters is 1. The van der Waals surface area contributed by atoms with Gasteiger partial charge in [-0.3, -0.25) is 9.59 Å². The average molecular weight is 346 g/mol. The molecule has 0 spiro atoms. The molecule has 0 aliphatic heterocycles. The van der Waals surface area contributed by atoms with Gasteiger partial charge in [0.15, 0.2) is 0 Å². The number of nitrogens with two attached hydrogens (primary N) is 1. The molecule has 2 N–H and O–H groups in total. The Morgan fingerprint density at radius 1 is 1.26 bits per heavy atom. The zero-order valence-corrected chi connectivity index (χ0v) is 16.2. The lowest BCUT2D eigenvalue weighted by molar-refractivity contribution is -0.149. The van der Waals surface area contributed by atoms with E-state index in [-0.39, 0.29) is 11.9 Å². The van der Waals surface area contributed by atoms with E-state index < -0.39 is 22.0 Å². The minimum absolute atomic E-state index is 0.289. The van der Waals surface area contributed by atoms with Crippen LogP contribution >= 0.6 is 11.8 Å². The quantitative estimate of drug-likeness (QED) is 0.485. The van der Waals surface area contributed by atoms with Gasteiger partial charge in [-0.1, -0.05) is 32.5 Å². The first kappa shape index (κ1) is 21.8. The summed E-state index contributed by atoms with van der Waals surface area (Å²) in [5.74, 6) is -1.46. The molecular formula is C17H31NO4S. The van der Waals surface area contributed by atoms with Gasteiger partial charge in [-0.25, -0.2) is 0 Å². The Hall–Kier alpha value is -1.17. The van der Waals surface area contributed by atoms with Crippen molar-refractivity contribution in [2.75, 3.05) is 13.7 Å². The van der Waals surface area contributed by atoms with Crippen molar-refractivity contribution in [1.82, 2.24) is 0 Å². The van der Waals surface area contributed by atoms with Gasteiger partial charge in [0, 0.05) is 4.75 Å². The first-order valence-electron chi connectivity index (χ1n) is 7.76. The number of rotatable bonds is 10. The van der Waals surface area contributed by atoms with Gasteiger partial charge >= 0.3 is 5.97 Å². The molecule has 0 radical (unpaired) electrons. The first-order chi connectivity index (χ1) is 10.4. The molecule has 1 amide bonds. The molecule has 0 saturated carbocycles. The van der Waals surface area contributed by atoms with Gasteiger partial charge in [0.2, 0.25) is 5.91 Å². The van der Waals surface area contributed by atoms with Crippen molar-refractivity contribution in [2.45, 2.75) is 52.7 Å². The van der Waals surface area contributed by atoms with E-state index in [1.807, 2.05) is 41.5 Å². The number of primary amides is 1. The normalized spacial score (nSPS) is 14.7. The highest BCUT2D eigenvalue weighted by Gasteiger charge is 2.42. The van der Waals surface area contributed by atoms with E-state index in [1.165, 1.54) is 18.9 Å². The maximum absolute atomic E-state index is 12.0. The minimum Gasteiger partial charge on any atom is -0.488 e. The van der Waals surface area contributed by atoms with Crippen LogP contribution in [-0.2, 0) is 19.1 Å². The third kappa shape index (κ3) is 6.45. The van der Waals surface area contributed by atoms with Crippen molar-refractivity contribution in [3.8, 4) is 0 Å². The van der Waals surface area contributed by atoms with Crippen molar-refractivity contribution in [1.29, 1.82) is 0 Å². The van der Waals surface area contributed by atoms with E-state index >= 15 is 0 Å². The SMILES string of the molecule is C=C(OCC)SC(C)(C)C(CC(C)(C)C(C)C(=O)OC)C(N)=O. The predicted octanol–water partition coefficient (Wildman–Crippen LogP) is 3.33. The molecule has 0 aromatic carbocycles. The Morgan fingerprint density at radius 2 is 1.78 bits per heavy atom. The smallest absolute Gasteiger partial charge is 0.308 e. The second-order valence-electron chi connectivity index (χ2n) is 6.90. The Kier molecular flexibility index (Phi) is 8.18. The zero-order valence-electron chi connectivity index (χ0n) is 15.4. The van der Waals surface area contributed by atoms with Gasteiger partial charge < -0.3 is 15.2 Å². The standard InChI is InChI=1S/C17H31NO4S/c1-9-22-12(3)23-17(6,7)13(14(18)19)10-16(4,5)11(2)15(20)21-8/h11,13H,3,9-10H2,1-2,4-8H3,(H2,18,19). The van der Waals surface area contributed by atoms with Crippen LogP contribution in [0.15, 0.2) is 11.7 Å². The summed E-state index contributed by atoms with van der Waals surface area (Å²) in [5.41, 5.74) is 5.22. The fraction of sp³-hybridized carbons (Fsp3) is 0.765. The number of amides is 1. The van der Waals surface area contributed by atoms with Crippen LogP contribution in [-0.4, -0.2) is 30.3 Å². The van der Waals surface area contributed by atoms with E-state index in [1.54, 1.807) is 0 Å². The Bertz CT molecular complexity index is 446. The van der Waals surface area contributed by atoms with Crippen LogP contribution in [0.1, 0.15) is 48.0 Å². The molecule has 0 aliphatic rings. The topological polar surface area (TPSA) is 78.6 Å². The predicted molar refractivity (Wildman–Crippen MR) is 94.7 cm³/mol. The Balaban J connectivity index is 5.29. The maximum atomic E-state index is 12.0. The molecule has 0 rings (SSSR count). The van der Waals surface area contributed by atoms with Crippen molar-refractivity contribution < 1.29 is 19.1 Å². The number of hydrogen-bond donors (Lipinski definition) is 1. The van der Waals surface area contributed by atoms with Gasteiger partial charge in [-0.2, -0.15) is 0 Å². The van der Waals surface area contributed by atoms with Crippen molar-refractivity contribution >= 4 is 23.6 Å². The molecule has 5 nitrogen and oxygen atoms in total. The van der Waals surface area contributed by atoms with E-state index in [9.17, 15) is 9.59 Å². The van der Waals surface area contributed by atoms with E-state index in [0.717, 1.165) is 0 Å². The molecule has 2 atom stereocenters. The van der Waals surface area contributed by atoms with Crippen LogP contribution < -0.4 is 5.73 Å². The van der Waals surface area contributed by atoms with Crippen LogP contribution in [0.5, 0.6) is 0 Å². The highest BCUT2D eigenvalue weighted by atomic mass is 32.2. The summed E-state index contributed by atoms with van der Waals surface area (Å²) < 4.78 is 9.72. The maximum Gasteiger partial charge on any atom is 0.308 e. The third-order valence-electron chi connectivity index (χ3n) is 4.32. The summed E-state index contributed by atoms with van der Waals surface area (Å²) in [6.45, 7) is 15.8. The van der Waals surface area contributed by atoms with Gasteiger partial charge in [0.1, 0.15) is 5.09 Å². The van der Waals surface area contributed by atoms with Crippen molar-refractivity contribution in [2.24, 2.45) is 23.0 Å². The number of carbonyl (C=O) groups is 2. The summed E-state index contributed by atoms with van der Waals surface area (Å²) in [6.07, 6.45) is 0.470. The molecule has 0 aromatic heterocycles. The molecule has 23 heavy (non-hydrogen) atoms.